The number of carbonyl (C=O) groups excluding carboxylic acids is 1. The molecule has 2 aromatic rings. The molecule has 0 saturated carbocycles. The lowest BCUT2D eigenvalue weighted by Gasteiger charge is -2.23. The summed E-state index contributed by atoms with van der Waals surface area (Å²) in [7, 11) is 0. The van der Waals surface area contributed by atoms with Gasteiger partial charge in [-0.25, -0.2) is 4.39 Å². The number of hydrogen-bond acceptors (Lipinski definition) is 3. The van der Waals surface area contributed by atoms with E-state index in [0.29, 0.717) is 11.3 Å². The molecule has 150 valence electrons. The molecule has 4 nitrogen and oxygen atoms in total. The molecule has 0 aliphatic carbocycles. The van der Waals surface area contributed by atoms with E-state index in [9.17, 15) is 31.1 Å². The molecule has 10 heteroatoms. The Morgan fingerprint density at radius 1 is 1.00 bits per heavy atom. The van der Waals surface area contributed by atoms with E-state index in [4.69, 9.17) is 5.11 Å². The molecule has 28 heavy (non-hydrogen) atoms. The molecule has 0 fully saturated rings. The van der Waals surface area contributed by atoms with Gasteiger partial charge in [0.25, 0.3) is 6.17 Å². The van der Waals surface area contributed by atoms with Crippen LogP contribution in [-0.4, -0.2) is 29.5 Å². The van der Waals surface area contributed by atoms with Gasteiger partial charge in [0.15, 0.2) is 0 Å². The number of rotatable bonds is 6. The summed E-state index contributed by atoms with van der Waals surface area (Å²) in [5.74, 6) is -1.18. The van der Waals surface area contributed by atoms with E-state index in [1.54, 1.807) is 0 Å². The zero-order chi connectivity index (χ0) is 20.9. The molecule has 1 atom stereocenters. The summed E-state index contributed by atoms with van der Waals surface area (Å²) < 4.78 is 79.2. The fourth-order valence-electron chi connectivity index (χ4n) is 1.95. The molecule has 0 aromatic heterocycles. The van der Waals surface area contributed by atoms with Crippen LogP contribution in [0.5, 0.6) is 11.5 Å². The van der Waals surface area contributed by atoms with Gasteiger partial charge in [-0.2, -0.15) is 22.0 Å². The van der Waals surface area contributed by atoms with Gasteiger partial charge in [0.1, 0.15) is 11.5 Å². The monoisotopic (exact) mass is 405 g/mol. The largest absolute Gasteiger partial charge is 0.508 e. The molecule has 2 rings (SSSR count). The van der Waals surface area contributed by atoms with E-state index in [1.807, 2.05) is 0 Å². The molecule has 0 heterocycles. The van der Waals surface area contributed by atoms with Gasteiger partial charge in [0.2, 0.25) is 5.91 Å². The molecule has 2 N–H and O–H groups in total. The number of phenols is 1. The molecule has 0 aliphatic rings. The Bertz CT molecular complexity index is 832. The van der Waals surface area contributed by atoms with Crippen molar-refractivity contribution in [2.75, 3.05) is 5.32 Å². The molecular formula is C18H13F6NO3. The Hall–Kier alpha value is -3.17. The molecule has 0 bridgehead atoms. The van der Waals surface area contributed by atoms with Crippen LogP contribution < -0.4 is 10.1 Å². The van der Waals surface area contributed by atoms with Crippen molar-refractivity contribution in [3.8, 4) is 11.5 Å². The van der Waals surface area contributed by atoms with Crippen molar-refractivity contribution >= 4 is 17.7 Å². The number of benzene rings is 2. The van der Waals surface area contributed by atoms with E-state index in [1.165, 1.54) is 42.5 Å². The summed E-state index contributed by atoms with van der Waals surface area (Å²) in [4.78, 5) is 11.8. The van der Waals surface area contributed by atoms with Crippen LogP contribution in [0.1, 0.15) is 5.56 Å². The third-order valence-corrected chi connectivity index (χ3v) is 3.28. The normalized spacial score (nSPS) is 13.4. The molecule has 0 unspecified atom stereocenters. The maximum absolute atomic E-state index is 13.2. The lowest BCUT2D eigenvalue weighted by molar-refractivity contribution is -0.304. The first kappa shape index (κ1) is 21.1. The number of alkyl halides is 6. The van der Waals surface area contributed by atoms with Gasteiger partial charge in [0, 0.05) is 11.8 Å². The number of phenolic OH excluding ortho intramolecular Hbond substituents is 1. The lowest BCUT2D eigenvalue weighted by atomic mass is 10.2. The fraction of sp³-hybridized carbons (Fsp3) is 0.167. The van der Waals surface area contributed by atoms with Crippen LogP contribution in [-0.2, 0) is 4.79 Å². The van der Waals surface area contributed by atoms with Crippen molar-refractivity contribution < 1.29 is 41.0 Å². The van der Waals surface area contributed by atoms with E-state index < -0.39 is 30.1 Å². The van der Waals surface area contributed by atoms with E-state index >= 15 is 0 Å². The minimum Gasteiger partial charge on any atom is -0.508 e. The summed E-state index contributed by atoms with van der Waals surface area (Å²) in [5.41, 5.74) is 0.771. The van der Waals surface area contributed by atoms with Crippen molar-refractivity contribution in [3.05, 3.63) is 60.2 Å². The summed E-state index contributed by atoms with van der Waals surface area (Å²) >= 11 is 0. The van der Waals surface area contributed by atoms with Crippen molar-refractivity contribution in [2.45, 2.75) is 18.5 Å². The quantitative estimate of drug-likeness (QED) is 0.408. The highest BCUT2D eigenvalue weighted by Crippen LogP contribution is 2.36. The number of halogens is 6. The number of anilines is 1. The SMILES string of the molecule is O=C(/C=C/c1ccc(OC(F)(F)[C@H](F)C(F)(F)F)cc1)Nc1ccc(O)cc1. The average molecular weight is 405 g/mol. The molecular weight excluding hydrogens is 392 g/mol. The number of nitrogens with one attached hydrogen (secondary N) is 1. The molecule has 0 aliphatic heterocycles. The van der Waals surface area contributed by atoms with Gasteiger partial charge < -0.3 is 15.2 Å². The molecule has 1 amide bonds. The highest BCUT2D eigenvalue weighted by molar-refractivity contribution is 6.01. The Morgan fingerprint density at radius 3 is 2.11 bits per heavy atom. The Balaban J connectivity index is 1.97. The van der Waals surface area contributed by atoms with E-state index in [-0.39, 0.29) is 5.75 Å². The molecule has 0 saturated heterocycles. The summed E-state index contributed by atoms with van der Waals surface area (Å²) in [6, 6.07) is 9.87. The Kier molecular flexibility index (Phi) is 6.22. The number of ether oxygens (including phenoxy) is 1. The maximum Gasteiger partial charge on any atom is 0.439 e. The molecule has 2 aromatic carbocycles. The molecule has 0 spiro atoms. The van der Waals surface area contributed by atoms with Crippen LogP contribution in [0.25, 0.3) is 6.08 Å². The van der Waals surface area contributed by atoms with Crippen LogP contribution in [0.2, 0.25) is 0 Å². The van der Waals surface area contributed by atoms with Gasteiger partial charge in [-0.05, 0) is 48.0 Å². The first-order valence-electron chi connectivity index (χ1n) is 7.63. The van der Waals surface area contributed by atoms with Crippen LogP contribution in [0.4, 0.5) is 32.0 Å². The number of hydrogen-bond donors (Lipinski definition) is 2. The zero-order valence-corrected chi connectivity index (χ0v) is 13.9. The minimum atomic E-state index is -5.77. The third-order valence-electron chi connectivity index (χ3n) is 3.28. The fourth-order valence-corrected chi connectivity index (χ4v) is 1.95. The smallest absolute Gasteiger partial charge is 0.439 e. The van der Waals surface area contributed by atoms with Crippen molar-refractivity contribution in [1.82, 2.24) is 0 Å². The molecule has 0 radical (unpaired) electrons. The van der Waals surface area contributed by atoms with Crippen molar-refractivity contribution in [1.29, 1.82) is 0 Å². The summed E-state index contributed by atoms with van der Waals surface area (Å²) in [5, 5.41) is 11.6. The van der Waals surface area contributed by atoms with Gasteiger partial charge in [-0.15, -0.1) is 0 Å². The van der Waals surface area contributed by atoms with Gasteiger partial charge in [0.05, 0.1) is 0 Å². The standard InChI is InChI=1S/C18H13F6NO3/c19-16(17(20,21)22)18(23,24)28-14-8-1-11(2-9-14)3-10-15(27)25-12-4-6-13(26)7-5-12/h1-10,16,26H,(H,25,27)/b10-3+/t16-/m1/s1. The Labute approximate surface area is 155 Å². The van der Waals surface area contributed by atoms with Gasteiger partial charge in [-0.3, -0.25) is 4.79 Å². The topological polar surface area (TPSA) is 58.6 Å². The van der Waals surface area contributed by atoms with Crippen LogP contribution >= 0.6 is 0 Å². The maximum atomic E-state index is 13.2. The average Bonchev–Trinajstić information content (AvgIpc) is 2.61. The summed E-state index contributed by atoms with van der Waals surface area (Å²) in [6.07, 6.45) is -12.9. The third kappa shape index (κ3) is 5.93. The Morgan fingerprint density at radius 2 is 1.57 bits per heavy atom. The van der Waals surface area contributed by atoms with Gasteiger partial charge >= 0.3 is 12.3 Å². The van der Waals surface area contributed by atoms with Crippen LogP contribution in [0.3, 0.4) is 0 Å². The predicted octanol–water partition coefficient (Wildman–Crippen LogP) is 4.92. The number of aromatic hydroxyl groups is 1. The van der Waals surface area contributed by atoms with E-state index in [2.05, 4.69) is 10.1 Å². The highest BCUT2D eigenvalue weighted by Gasteiger charge is 2.59. The second kappa shape index (κ2) is 8.24. The van der Waals surface area contributed by atoms with Crippen LogP contribution in [0.15, 0.2) is 54.6 Å². The zero-order valence-electron chi connectivity index (χ0n) is 13.9. The number of carbonyl (C=O) groups is 1. The van der Waals surface area contributed by atoms with Gasteiger partial charge in [-0.1, -0.05) is 12.1 Å². The first-order chi connectivity index (χ1) is 13.0. The number of amides is 1. The second-order valence-electron chi connectivity index (χ2n) is 5.51. The second-order valence-corrected chi connectivity index (χ2v) is 5.51. The minimum absolute atomic E-state index is 0.0238. The van der Waals surface area contributed by atoms with Crippen molar-refractivity contribution in [2.24, 2.45) is 0 Å². The summed E-state index contributed by atoms with van der Waals surface area (Å²) in [6.45, 7) is 0. The van der Waals surface area contributed by atoms with Crippen LogP contribution in [0, 0.1) is 0 Å². The lowest BCUT2D eigenvalue weighted by Crippen LogP contribution is -2.45. The van der Waals surface area contributed by atoms with E-state index in [0.717, 1.165) is 18.2 Å². The predicted molar refractivity (Wildman–Crippen MR) is 88.7 cm³/mol. The van der Waals surface area contributed by atoms with Crippen molar-refractivity contribution in [3.63, 3.8) is 0 Å². The highest BCUT2D eigenvalue weighted by atomic mass is 19.4. The first-order valence-corrected chi connectivity index (χ1v) is 7.63.